The van der Waals surface area contributed by atoms with Crippen molar-refractivity contribution in [2.45, 2.75) is 52.1 Å². The number of nitrogens with zero attached hydrogens (tertiary/aromatic N) is 1. The number of benzene rings is 1. The molecule has 0 aromatic heterocycles. The van der Waals surface area contributed by atoms with Crippen molar-refractivity contribution < 1.29 is 14.5 Å². The summed E-state index contributed by atoms with van der Waals surface area (Å²) in [5.74, 6) is 0. The summed E-state index contributed by atoms with van der Waals surface area (Å²) in [4.78, 5) is 10.5. The number of hydrogen-bond donors (Lipinski definition) is 1. The fourth-order valence-corrected chi connectivity index (χ4v) is 2.44. The predicted molar refractivity (Wildman–Crippen MR) is 81.0 cm³/mol. The zero-order valence-corrected chi connectivity index (χ0v) is 13.8. The van der Waals surface area contributed by atoms with E-state index in [0.29, 0.717) is 12.2 Å². The van der Waals surface area contributed by atoms with Crippen molar-refractivity contribution >= 4 is 14.0 Å². The van der Waals surface area contributed by atoms with Crippen molar-refractivity contribution in [1.29, 1.82) is 0 Å². The molecule has 0 spiro atoms. The van der Waals surface area contributed by atoms with Gasteiger partial charge < -0.3 is 9.53 Å². The van der Waals surface area contributed by atoms with Crippen molar-refractivity contribution in [3.8, 4) is 0 Å². The molecule has 0 atom stereocenters. The van der Waals surface area contributed by atoms with E-state index in [9.17, 15) is 10.1 Å². The molecule has 1 rings (SSSR count). The third-order valence-electron chi connectivity index (χ3n) is 3.92. The smallest absolute Gasteiger partial charge is 0.275 e. The second-order valence-corrected chi connectivity index (χ2v) is 11.2. The minimum Gasteiger partial charge on any atom is -0.413 e. The molecule has 6 heteroatoms. The maximum Gasteiger partial charge on any atom is 0.275 e. The van der Waals surface area contributed by atoms with Crippen molar-refractivity contribution in [3.05, 3.63) is 39.4 Å². The molecular formula is C14H23NO4Si. The lowest BCUT2D eigenvalue weighted by molar-refractivity contribution is -0.385. The molecule has 0 aliphatic carbocycles. The first-order valence-electron chi connectivity index (χ1n) is 6.59. The van der Waals surface area contributed by atoms with Gasteiger partial charge >= 0.3 is 0 Å². The Labute approximate surface area is 120 Å². The number of aliphatic hydroxyl groups is 1. The maximum atomic E-state index is 11.0. The Bertz CT molecular complexity index is 494. The normalized spacial score (nSPS) is 12.5. The Morgan fingerprint density at radius 3 is 2.40 bits per heavy atom. The average molecular weight is 297 g/mol. The summed E-state index contributed by atoms with van der Waals surface area (Å²) in [6, 6.07) is 4.84. The highest BCUT2D eigenvalue weighted by atomic mass is 28.4. The average Bonchev–Trinajstić information content (AvgIpc) is 2.34. The second kappa shape index (κ2) is 6.03. The minimum absolute atomic E-state index is 0.0520. The van der Waals surface area contributed by atoms with Gasteiger partial charge in [0, 0.05) is 6.07 Å². The fraction of sp³-hybridized carbons (Fsp3) is 0.571. The van der Waals surface area contributed by atoms with Crippen LogP contribution < -0.4 is 0 Å². The molecule has 112 valence electrons. The number of nitro groups is 1. The number of aliphatic hydroxyl groups excluding tert-OH is 1. The van der Waals surface area contributed by atoms with E-state index in [-0.39, 0.29) is 17.3 Å². The van der Waals surface area contributed by atoms with Gasteiger partial charge in [0.1, 0.15) is 0 Å². The largest absolute Gasteiger partial charge is 0.413 e. The van der Waals surface area contributed by atoms with E-state index in [4.69, 9.17) is 9.53 Å². The van der Waals surface area contributed by atoms with Crippen LogP contribution in [0.3, 0.4) is 0 Å². The Morgan fingerprint density at radius 2 is 1.95 bits per heavy atom. The molecule has 1 aromatic carbocycles. The van der Waals surface area contributed by atoms with Crippen LogP contribution in [0.2, 0.25) is 18.1 Å². The third kappa shape index (κ3) is 3.88. The highest BCUT2D eigenvalue weighted by molar-refractivity contribution is 6.74. The maximum absolute atomic E-state index is 11.0. The van der Waals surface area contributed by atoms with Crippen LogP contribution >= 0.6 is 0 Å². The summed E-state index contributed by atoms with van der Waals surface area (Å²) in [5, 5.41) is 20.2. The molecule has 5 nitrogen and oxygen atoms in total. The van der Waals surface area contributed by atoms with Crippen LogP contribution in [0.5, 0.6) is 0 Å². The summed E-state index contributed by atoms with van der Waals surface area (Å²) < 4.78 is 6.04. The molecule has 0 bridgehead atoms. The molecule has 20 heavy (non-hydrogen) atoms. The Morgan fingerprint density at radius 1 is 1.35 bits per heavy atom. The lowest BCUT2D eigenvalue weighted by atomic mass is 10.1. The van der Waals surface area contributed by atoms with Crippen LogP contribution in [0.1, 0.15) is 31.9 Å². The van der Waals surface area contributed by atoms with Gasteiger partial charge in [-0.05, 0) is 29.8 Å². The first-order valence-corrected chi connectivity index (χ1v) is 9.50. The molecule has 1 N–H and O–H groups in total. The second-order valence-electron chi connectivity index (χ2n) is 6.43. The summed E-state index contributed by atoms with van der Waals surface area (Å²) in [6.07, 6.45) is 0. The Kier molecular flexibility index (Phi) is 5.07. The summed E-state index contributed by atoms with van der Waals surface area (Å²) in [5.41, 5.74) is 1.04. The van der Waals surface area contributed by atoms with Gasteiger partial charge in [0.2, 0.25) is 0 Å². The van der Waals surface area contributed by atoms with Gasteiger partial charge in [0.25, 0.3) is 5.69 Å². The van der Waals surface area contributed by atoms with Crippen LogP contribution in [-0.2, 0) is 17.6 Å². The van der Waals surface area contributed by atoms with Crippen LogP contribution in [0.4, 0.5) is 5.69 Å². The molecule has 0 aliphatic rings. The van der Waals surface area contributed by atoms with Crippen molar-refractivity contribution in [2.24, 2.45) is 0 Å². The van der Waals surface area contributed by atoms with Crippen LogP contribution in [0, 0.1) is 10.1 Å². The van der Waals surface area contributed by atoms with E-state index in [1.165, 1.54) is 6.07 Å². The topological polar surface area (TPSA) is 72.6 Å². The lowest BCUT2D eigenvalue weighted by Crippen LogP contribution is -2.40. The fourth-order valence-electron chi connectivity index (χ4n) is 1.48. The van der Waals surface area contributed by atoms with Gasteiger partial charge in [-0.25, -0.2) is 0 Å². The summed E-state index contributed by atoms with van der Waals surface area (Å²) in [6.45, 7) is 10.8. The monoisotopic (exact) mass is 297 g/mol. The minimum atomic E-state index is -1.87. The van der Waals surface area contributed by atoms with E-state index in [1.54, 1.807) is 12.1 Å². The zero-order chi connectivity index (χ0) is 15.6. The lowest BCUT2D eigenvalue weighted by Gasteiger charge is -2.36. The molecular weight excluding hydrogens is 274 g/mol. The van der Waals surface area contributed by atoms with Crippen molar-refractivity contribution in [1.82, 2.24) is 0 Å². The number of nitro benzene ring substituents is 1. The van der Waals surface area contributed by atoms with E-state index >= 15 is 0 Å². The van der Waals surface area contributed by atoms with Crippen molar-refractivity contribution in [3.63, 3.8) is 0 Å². The zero-order valence-electron chi connectivity index (χ0n) is 12.8. The van der Waals surface area contributed by atoms with Gasteiger partial charge in [-0.3, -0.25) is 10.1 Å². The summed E-state index contributed by atoms with van der Waals surface area (Å²) in [7, 11) is -1.87. The highest BCUT2D eigenvalue weighted by Gasteiger charge is 2.37. The van der Waals surface area contributed by atoms with Gasteiger partial charge in [0.05, 0.1) is 23.7 Å². The van der Waals surface area contributed by atoms with Gasteiger partial charge in [-0.1, -0.05) is 26.8 Å². The molecule has 0 amide bonds. The first kappa shape index (κ1) is 16.8. The molecule has 0 radical (unpaired) electrons. The Balaban J connectivity index is 2.90. The summed E-state index contributed by atoms with van der Waals surface area (Å²) >= 11 is 0. The van der Waals surface area contributed by atoms with E-state index in [2.05, 4.69) is 33.9 Å². The van der Waals surface area contributed by atoms with Crippen LogP contribution in [-0.4, -0.2) is 18.3 Å². The SMILES string of the molecule is CC(C)(C)[Si](C)(C)OCc1ccc(CO)c([N+](=O)[O-])c1. The van der Waals surface area contributed by atoms with Gasteiger partial charge in [-0.2, -0.15) is 0 Å². The van der Waals surface area contributed by atoms with E-state index in [1.807, 2.05) is 0 Å². The van der Waals surface area contributed by atoms with E-state index < -0.39 is 13.2 Å². The van der Waals surface area contributed by atoms with Crippen molar-refractivity contribution in [2.75, 3.05) is 0 Å². The molecule has 0 aliphatic heterocycles. The Hall–Kier alpha value is -1.24. The van der Waals surface area contributed by atoms with Crippen LogP contribution in [0.25, 0.3) is 0 Å². The quantitative estimate of drug-likeness (QED) is 0.512. The van der Waals surface area contributed by atoms with E-state index in [0.717, 1.165) is 5.56 Å². The van der Waals surface area contributed by atoms with Gasteiger partial charge in [-0.15, -0.1) is 0 Å². The molecule has 1 aromatic rings. The molecule has 0 saturated carbocycles. The predicted octanol–water partition coefficient (Wildman–Crippen LogP) is 3.61. The molecule has 0 unspecified atom stereocenters. The third-order valence-corrected chi connectivity index (χ3v) is 8.40. The van der Waals surface area contributed by atoms with Gasteiger partial charge in [0.15, 0.2) is 8.32 Å². The van der Waals surface area contributed by atoms with Crippen LogP contribution in [0.15, 0.2) is 18.2 Å². The highest BCUT2D eigenvalue weighted by Crippen LogP contribution is 2.37. The number of hydrogen-bond acceptors (Lipinski definition) is 4. The molecule has 0 fully saturated rings. The molecule has 0 saturated heterocycles. The standard InChI is InChI=1S/C14H23NO4Si/c1-14(2,3)20(4,5)19-10-11-6-7-12(9-16)13(8-11)15(17)18/h6-8,16H,9-10H2,1-5H3. The first-order chi connectivity index (χ1) is 9.08. The molecule has 0 heterocycles. The number of rotatable bonds is 5.